The van der Waals surface area contributed by atoms with E-state index < -0.39 is 0 Å². The zero-order valence-corrected chi connectivity index (χ0v) is 13.8. The quantitative estimate of drug-likeness (QED) is 0.889. The van der Waals surface area contributed by atoms with E-state index in [0.717, 1.165) is 31.5 Å². The Labute approximate surface area is 142 Å². The van der Waals surface area contributed by atoms with Gasteiger partial charge in [-0.3, -0.25) is 4.79 Å². The van der Waals surface area contributed by atoms with Crippen molar-refractivity contribution in [2.24, 2.45) is 0 Å². The fourth-order valence-electron chi connectivity index (χ4n) is 3.44. The van der Waals surface area contributed by atoms with E-state index >= 15 is 0 Å². The van der Waals surface area contributed by atoms with Crippen LogP contribution in [0.25, 0.3) is 0 Å². The average molecular weight is 327 g/mol. The zero-order chi connectivity index (χ0) is 16.8. The summed E-state index contributed by atoms with van der Waals surface area (Å²) in [5, 5.41) is 2.96. The van der Waals surface area contributed by atoms with Crippen LogP contribution in [0.3, 0.4) is 0 Å². The Morgan fingerprint density at radius 1 is 0.917 bits per heavy atom. The van der Waals surface area contributed by atoms with Gasteiger partial charge in [-0.25, -0.2) is 4.39 Å². The Morgan fingerprint density at radius 2 is 1.54 bits per heavy atom. The minimum Gasteiger partial charge on any atom is -0.321 e. The molecule has 1 saturated heterocycles. The van der Waals surface area contributed by atoms with Crippen LogP contribution >= 0.6 is 0 Å². The summed E-state index contributed by atoms with van der Waals surface area (Å²) in [6.45, 7) is 2.02. The molecule has 1 atom stereocenters. The van der Waals surface area contributed by atoms with Gasteiger partial charge in [0.05, 0.1) is 13.1 Å². The summed E-state index contributed by atoms with van der Waals surface area (Å²) in [5.74, 6) is -0.324. The number of anilines is 1. The molecule has 2 aromatic rings. The van der Waals surface area contributed by atoms with E-state index in [1.807, 2.05) is 30.3 Å². The van der Waals surface area contributed by atoms with Gasteiger partial charge in [-0.05, 0) is 49.9 Å². The van der Waals surface area contributed by atoms with Crippen LogP contribution in [0.1, 0.15) is 37.3 Å². The normalized spacial score (nSPS) is 17.0. The Balaban J connectivity index is 1.82. The summed E-state index contributed by atoms with van der Waals surface area (Å²) >= 11 is 0. The zero-order valence-electron chi connectivity index (χ0n) is 13.8. The van der Waals surface area contributed by atoms with Gasteiger partial charge >= 0.3 is 0 Å². The molecule has 0 aromatic heterocycles. The van der Waals surface area contributed by atoms with Crippen LogP contribution in [0.5, 0.6) is 0 Å². The van der Waals surface area contributed by atoms with Crippen molar-refractivity contribution in [1.82, 2.24) is 0 Å². The first kappa shape index (κ1) is 16.7. The van der Waals surface area contributed by atoms with Gasteiger partial charge in [0.2, 0.25) is 0 Å². The third kappa shape index (κ3) is 4.20. The molecule has 1 aliphatic rings. The molecule has 0 unspecified atom stereocenters. The van der Waals surface area contributed by atoms with Crippen molar-refractivity contribution < 1.29 is 14.1 Å². The Bertz CT molecular complexity index is 649. The average Bonchev–Trinajstić information content (AvgIpc) is 2.87. The fourth-order valence-corrected chi connectivity index (χ4v) is 3.44. The van der Waals surface area contributed by atoms with Crippen molar-refractivity contribution in [3.63, 3.8) is 0 Å². The van der Waals surface area contributed by atoms with E-state index in [9.17, 15) is 9.18 Å². The van der Waals surface area contributed by atoms with Gasteiger partial charge in [0.1, 0.15) is 5.82 Å². The molecule has 1 amide bonds. The maximum absolute atomic E-state index is 13.1. The molecule has 0 spiro atoms. The van der Waals surface area contributed by atoms with E-state index in [-0.39, 0.29) is 17.8 Å². The maximum atomic E-state index is 13.1. The summed E-state index contributed by atoms with van der Waals surface area (Å²) in [4.78, 5) is 14.3. The lowest BCUT2D eigenvalue weighted by molar-refractivity contribution is -0.921. The largest absolute Gasteiger partial charge is 0.321 e. The van der Waals surface area contributed by atoms with Gasteiger partial charge < -0.3 is 10.2 Å². The van der Waals surface area contributed by atoms with Gasteiger partial charge in [0, 0.05) is 11.3 Å². The number of carbonyl (C=O) groups is 1. The first-order valence-electron chi connectivity index (χ1n) is 8.70. The SMILES string of the molecule is O=C(Nc1ccc(F)cc1)[C@H](c1ccccc1)[NH+]1CCCCCC1. The summed E-state index contributed by atoms with van der Waals surface area (Å²) in [5.41, 5.74) is 1.67. The molecule has 126 valence electrons. The predicted molar refractivity (Wildman–Crippen MR) is 93.4 cm³/mol. The molecule has 2 aromatic carbocycles. The number of likely N-dealkylation sites (tertiary alicyclic amines) is 1. The van der Waals surface area contributed by atoms with E-state index in [1.54, 1.807) is 12.1 Å². The summed E-state index contributed by atoms with van der Waals surface area (Å²) in [6, 6.07) is 15.7. The molecule has 0 aliphatic carbocycles. The second-order valence-electron chi connectivity index (χ2n) is 6.41. The third-order valence-electron chi connectivity index (χ3n) is 4.66. The topological polar surface area (TPSA) is 33.5 Å². The summed E-state index contributed by atoms with van der Waals surface area (Å²) in [6.07, 6.45) is 4.79. The van der Waals surface area contributed by atoms with Crippen molar-refractivity contribution in [3.8, 4) is 0 Å². The fraction of sp³-hybridized carbons (Fsp3) is 0.350. The van der Waals surface area contributed by atoms with Crippen molar-refractivity contribution >= 4 is 11.6 Å². The Hall–Kier alpha value is -2.20. The van der Waals surface area contributed by atoms with Crippen LogP contribution in [0.2, 0.25) is 0 Å². The summed E-state index contributed by atoms with van der Waals surface area (Å²) in [7, 11) is 0. The van der Waals surface area contributed by atoms with E-state index in [1.165, 1.54) is 29.9 Å². The molecule has 3 nitrogen and oxygen atoms in total. The number of halogens is 1. The van der Waals surface area contributed by atoms with Crippen LogP contribution in [0.15, 0.2) is 54.6 Å². The third-order valence-corrected chi connectivity index (χ3v) is 4.66. The van der Waals surface area contributed by atoms with Gasteiger partial charge in [-0.2, -0.15) is 0 Å². The lowest BCUT2D eigenvalue weighted by Gasteiger charge is -2.27. The van der Waals surface area contributed by atoms with Crippen LogP contribution in [0.4, 0.5) is 10.1 Å². The number of hydrogen-bond donors (Lipinski definition) is 2. The standard InChI is InChI=1S/C20H23FN2O/c21-17-10-12-18(13-11-17)22-20(24)19(16-8-4-3-5-9-16)23-14-6-1-2-7-15-23/h3-5,8-13,19H,1-2,6-7,14-15H2,(H,22,24)/p+1/t19-/m0/s1. The van der Waals surface area contributed by atoms with Gasteiger partial charge in [0.15, 0.2) is 6.04 Å². The number of nitrogens with one attached hydrogen (secondary N) is 2. The van der Waals surface area contributed by atoms with E-state index in [2.05, 4.69) is 5.32 Å². The Morgan fingerprint density at radius 3 is 2.17 bits per heavy atom. The lowest BCUT2D eigenvalue weighted by Crippen LogP contribution is -3.13. The molecule has 0 saturated carbocycles. The highest BCUT2D eigenvalue weighted by Gasteiger charge is 2.31. The maximum Gasteiger partial charge on any atom is 0.287 e. The Kier molecular flexibility index (Phi) is 5.59. The first-order valence-corrected chi connectivity index (χ1v) is 8.70. The second-order valence-corrected chi connectivity index (χ2v) is 6.41. The predicted octanol–water partition coefficient (Wildman–Crippen LogP) is 2.96. The van der Waals surface area contributed by atoms with Crippen LogP contribution < -0.4 is 10.2 Å². The van der Waals surface area contributed by atoms with E-state index in [4.69, 9.17) is 0 Å². The van der Waals surface area contributed by atoms with Crippen LogP contribution in [-0.4, -0.2) is 19.0 Å². The number of hydrogen-bond acceptors (Lipinski definition) is 1. The first-order chi connectivity index (χ1) is 11.7. The highest BCUT2D eigenvalue weighted by molar-refractivity contribution is 5.94. The minimum atomic E-state index is -0.300. The molecule has 24 heavy (non-hydrogen) atoms. The molecular formula is C20H24FN2O+. The molecule has 0 bridgehead atoms. The molecule has 1 aliphatic heterocycles. The number of benzene rings is 2. The number of carbonyl (C=O) groups excluding carboxylic acids is 1. The highest BCUT2D eigenvalue weighted by Crippen LogP contribution is 2.15. The number of quaternary nitrogens is 1. The van der Waals surface area contributed by atoms with Crippen molar-refractivity contribution in [3.05, 3.63) is 66.0 Å². The number of amides is 1. The molecule has 3 rings (SSSR count). The molecule has 2 N–H and O–H groups in total. The lowest BCUT2D eigenvalue weighted by atomic mass is 10.0. The highest BCUT2D eigenvalue weighted by atomic mass is 19.1. The van der Waals surface area contributed by atoms with Gasteiger partial charge in [-0.15, -0.1) is 0 Å². The second kappa shape index (κ2) is 8.06. The summed E-state index contributed by atoms with van der Waals surface area (Å²) < 4.78 is 13.1. The molecule has 1 heterocycles. The van der Waals surface area contributed by atoms with Crippen LogP contribution in [0, 0.1) is 5.82 Å². The van der Waals surface area contributed by atoms with Gasteiger partial charge in [-0.1, -0.05) is 30.3 Å². The smallest absolute Gasteiger partial charge is 0.287 e. The minimum absolute atomic E-state index is 0.0234. The van der Waals surface area contributed by atoms with Crippen molar-refractivity contribution in [1.29, 1.82) is 0 Å². The molecular weight excluding hydrogens is 303 g/mol. The van der Waals surface area contributed by atoms with E-state index in [0.29, 0.717) is 5.69 Å². The monoisotopic (exact) mass is 327 g/mol. The molecule has 0 radical (unpaired) electrons. The number of rotatable bonds is 4. The molecule has 1 fully saturated rings. The van der Waals surface area contributed by atoms with Crippen molar-refractivity contribution in [2.45, 2.75) is 31.7 Å². The van der Waals surface area contributed by atoms with Crippen molar-refractivity contribution in [2.75, 3.05) is 18.4 Å². The molecule has 4 heteroatoms. The van der Waals surface area contributed by atoms with Crippen LogP contribution in [-0.2, 0) is 4.79 Å². The van der Waals surface area contributed by atoms with Gasteiger partial charge in [0.25, 0.3) is 5.91 Å².